The number of carbonyl (C=O) groups is 1. The third kappa shape index (κ3) is 5.36. The van der Waals surface area contributed by atoms with Gasteiger partial charge in [-0.25, -0.2) is 0 Å². The number of rotatable bonds is 5. The van der Waals surface area contributed by atoms with Crippen LogP contribution >= 0.6 is 0 Å². The van der Waals surface area contributed by atoms with Gasteiger partial charge in [-0.15, -0.1) is 0 Å². The van der Waals surface area contributed by atoms with Gasteiger partial charge in [0.05, 0.1) is 10.4 Å². The third-order valence-corrected chi connectivity index (χ3v) is 5.28. The fraction of sp³-hybridized carbons (Fsp3) is 0.263. The maximum atomic E-state index is 12.6. The van der Waals surface area contributed by atoms with Crippen molar-refractivity contribution in [2.75, 3.05) is 11.9 Å². The molecule has 0 aromatic heterocycles. The first-order valence-electron chi connectivity index (χ1n) is 8.73. The first-order chi connectivity index (χ1) is 13.7. The minimum atomic E-state index is -4.39. The lowest BCUT2D eigenvalue weighted by Crippen LogP contribution is -2.44. The maximum Gasteiger partial charge on any atom is 0.416 e. The van der Waals surface area contributed by atoms with E-state index >= 15 is 0 Å². The van der Waals surface area contributed by atoms with Crippen LogP contribution in [-0.2, 0) is 27.8 Å². The van der Waals surface area contributed by atoms with Gasteiger partial charge in [-0.1, -0.05) is 12.1 Å². The first-order valence-corrected chi connectivity index (χ1v) is 9.81. The summed E-state index contributed by atoms with van der Waals surface area (Å²) in [4.78, 5) is 12.4. The van der Waals surface area contributed by atoms with Crippen LogP contribution < -0.4 is 16.0 Å². The van der Waals surface area contributed by atoms with Crippen molar-refractivity contribution in [1.82, 2.24) is 10.6 Å². The molecule has 10 heteroatoms. The standard InChI is InChI=1S/C19H18F3N3O3S/c20-19(21,22)13-4-6-14(7-5-13)25-15-3-1-2-12(10-15)11-24-18(26)17-16(29(27)28)8-9-23-17/h1-7,10,17,23,25H,8-9,11H2,(H,24,26). The number of halogens is 3. The Kier molecular flexibility index (Phi) is 6.23. The van der Waals surface area contributed by atoms with Crippen LogP contribution in [0.2, 0.25) is 0 Å². The SMILES string of the molecule is O=C(NCc1cccc(Nc2ccc(C(F)(F)F)cc2)c1)C1NCCC1=S(=O)=O. The van der Waals surface area contributed by atoms with E-state index in [4.69, 9.17) is 0 Å². The zero-order valence-corrected chi connectivity index (χ0v) is 15.9. The van der Waals surface area contributed by atoms with E-state index in [1.807, 2.05) is 0 Å². The monoisotopic (exact) mass is 425 g/mol. The summed E-state index contributed by atoms with van der Waals surface area (Å²) in [6, 6.07) is 10.8. The Morgan fingerprint density at radius 1 is 1.10 bits per heavy atom. The van der Waals surface area contributed by atoms with E-state index in [0.717, 1.165) is 17.7 Å². The molecule has 0 spiro atoms. The molecule has 1 saturated heterocycles. The molecule has 0 bridgehead atoms. The van der Waals surface area contributed by atoms with Crippen LogP contribution in [-0.4, -0.2) is 31.8 Å². The number of hydrogen-bond donors (Lipinski definition) is 3. The molecule has 1 aliphatic heterocycles. The number of carbonyl (C=O) groups excluding carboxylic acids is 1. The maximum absolute atomic E-state index is 12.6. The highest BCUT2D eigenvalue weighted by Gasteiger charge is 2.30. The summed E-state index contributed by atoms with van der Waals surface area (Å²) in [6.45, 7) is 0.603. The van der Waals surface area contributed by atoms with Gasteiger partial charge in [0, 0.05) is 24.5 Å². The predicted octanol–water partition coefficient (Wildman–Crippen LogP) is 2.48. The molecule has 1 unspecified atom stereocenters. The van der Waals surface area contributed by atoms with Crippen molar-refractivity contribution in [1.29, 1.82) is 0 Å². The van der Waals surface area contributed by atoms with Gasteiger partial charge in [-0.05, 0) is 48.4 Å². The van der Waals surface area contributed by atoms with Crippen LogP contribution in [0, 0.1) is 0 Å². The summed E-state index contributed by atoms with van der Waals surface area (Å²) in [5.74, 6) is -0.428. The van der Waals surface area contributed by atoms with Crippen LogP contribution in [0.15, 0.2) is 48.5 Å². The summed E-state index contributed by atoms with van der Waals surface area (Å²) in [5, 5.41) is 8.55. The molecular weight excluding hydrogens is 407 g/mol. The second kappa shape index (κ2) is 8.66. The number of hydrogen-bond acceptors (Lipinski definition) is 5. The minimum absolute atomic E-state index is 0.139. The lowest BCUT2D eigenvalue weighted by molar-refractivity contribution is -0.137. The lowest BCUT2D eigenvalue weighted by Gasteiger charge is -2.13. The Balaban J connectivity index is 1.62. The summed E-state index contributed by atoms with van der Waals surface area (Å²) in [5.41, 5.74) is 1.16. The molecule has 0 radical (unpaired) electrons. The molecule has 1 amide bonds. The van der Waals surface area contributed by atoms with E-state index < -0.39 is 34.0 Å². The fourth-order valence-electron chi connectivity index (χ4n) is 2.98. The van der Waals surface area contributed by atoms with Gasteiger partial charge in [0.15, 0.2) is 0 Å². The average molecular weight is 425 g/mol. The number of anilines is 2. The quantitative estimate of drug-likeness (QED) is 0.641. The molecule has 2 aromatic carbocycles. The van der Waals surface area contributed by atoms with E-state index in [2.05, 4.69) is 16.0 Å². The van der Waals surface area contributed by atoms with Gasteiger partial charge < -0.3 is 16.0 Å². The van der Waals surface area contributed by atoms with Crippen molar-refractivity contribution in [3.8, 4) is 0 Å². The van der Waals surface area contributed by atoms with Crippen molar-refractivity contribution in [2.45, 2.75) is 25.2 Å². The lowest BCUT2D eigenvalue weighted by atomic mass is 10.1. The molecule has 0 saturated carbocycles. The van der Waals surface area contributed by atoms with Crippen molar-refractivity contribution in [2.24, 2.45) is 0 Å². The molecule has 6 nitrogen and oxygen atoms in total. The van der Waals surface area contributed by atoms with Crippen molar-refractivity contribution in [3.05, 3.63) is 59.7 Å². The summed E-state index contributed by atoms with van der Waals surface area (Å²) in [6.07, 6.45) is -4.08. The normalized spacial score (nSPS) is 16.5. The Bertz CT molecular complexity index is 1030. The smallest absolute Gasteiger partial charge is 0.356 e. The fourth-order valence-corrected chi connectivity index (χ4v) is 3.63. The van der Waals surface area contributed by atoms with Crippen LogP contribution in [0.1, 0.15) is 17.5 Å². The Morgan fingerprint density at radius 3 is 2.48 bits per heavy atom. The van der Waals surface area contributed by atoms with Crippen molar-refractivity contribution in [3.63, 3.8) is 0 Å². The van der Waals surface area contributed by atoms with E-state index in [1.165, 1.54) is 12.1 Å². The number of benzene rings is 2. The Labute approximate surface area is 166 Å². The zero-order chi connectivity index (χ0) is 21.0. The van der Waals surface area contributed by atoms with Gasteiger partial charge >= 0.3 is 6.18 Å². The van der Waals surface area contributed by atoms with Gasteiger partial charge in [-0.3, -0.25) is 4.79 Å². The highest BCUT2D eigenvalue weighted by atomic mass is 32.2. The highest BCUT2D eigenvalue weighted by Crippen LogP contribution is 2.30. The van der Waals surface area contributed by atoms with E-state index in [-0.39, 0.29) is 11.4 Å². The van der Waals surface area contributed by atoms with Crippen LogP contribution in [0.3, 0.4) is 0 Å². The van der Waals surface area contributed by atoms with E-state index in [9.17, 15) is 26.4 Å². The van der Waals surface area contributed by atoms with Crippen molar-refractivity contribution < 1.29 is 26.4 Å². The summed E-state index contributed by atoms with van der Waals surface area (Å²) in [7, 11) is -2.41. The zero-order valence-electron chi connectivity index (χ0n) is 15.1. The number of nitrogens with one attached hydrogen (secondary N) is 3. The Hall–Kier alpha value is -2.85. The average Bonchev–Trinajstić information content (AvgIpc) is 3.16. The third-order valence-electron chi connectivity index (χ3n) is 4.41. The van der Waals surface area contributed by atoms with Gasteiger partial charge in [-0.2, -0.15) is 21.6 Å². The van der Waals surface area contributed by atoms with Crippen LogP contribution in [0.5, 0.6) is 0 Å². The number of alkyl halides is 3. The number of amides is 1. The molecule has 29 heavy (non-hydrogen) atoms. The first kappa shape index (κ1) is 20.9. The molecule has 3 rings (SSSR count). The Morgan fingerprint density at radius 2 is 1.83 bits per heavy atom. The molecular formula is C19H18F3N3O3S. The summed E-state index contributed by atoms with van der Waals surface area (Å²) < 4.78 is 60.2. The highest BCUT2D eigenvalue weighted by molar-refractivity contribution is 7.73. The predicted molar refractivity (Wildman–Crippen MR) is 103 cm³/mol. The second-order valence-corrected chi connectivity index (χ2v) is 7.45. The van der Waals surface area contributed by atoms with E-state index in [0.29, 0.717) is 24.3 Å². The molecule has 3 N–H and O–H groups in total. The van der Waals surface area contributed by atoms with Gasteiger partial charge in [0.2, 0.25) is 16.2 Å². The largest absolute Gasteiger partial charge is 0.416 e. The second-order valence-electron chi connectivity index (χ2n) is 6.46. The van der Waals surface area contributed by atoms with Gasteiger partial charge in [0.1, 0.15) is 6.04 Å². The molecule has 1 aliphatic rings. The minimum Gasteiger partial charge on any atom is -0.356 e. The molecule has 1 fully saturated rings. The molecule has 154 valence electrons. The molecule has 1 heterocycles. The van der Waals surface area contributed by atoms with Gasteiger partial charge in [0.25, 0.3) is 0 Å². The summed E-state index contributed by atoms with van der Waals surface area (Å²) >= 11 is 0. The van der Waals surface area contributed by atoms with E-state index in [1.54, 1.807) is 24.3 Å². The molecule has 0 aliphatic carbocycles. The molecule has 1 atom stereocenters. The van der Waals surface area contributed by atoms with Crippen molar-refractivity contribution >= 4 is 32.4 Å². The van der Waals surface area contributed by atoms with Crippen LogP contribution in [0.25, 0.3) is 0 Å². The molecule has 2 aromatic rings. The van der Waals surface area contributed by atoms with Crippen LogP contribution in [0.4, 0.5) is 24.5 Å². The topological polar surface area (TPSA) is 87.3 Å².